The number of rotatable bonds is 6. The lowest BCUT2D eigenvalue weighted by molar-refractivity contribution is -0.123. The van der Waals surface area contributed by atoms with Crippen molar-refractivity contribution in [1.82, 2.24) is 14.8 Å². The summed E-state index contributed by atoms with van der Waals surface area (Å²) < 4.78 is 12.2. The molecular weight excluding hydrogens is 352 g/mol. The molecule has 1 N–H and O–H groups in total. The third kappa shape index (κ3) is 3.66. The Kier molecular flexibility index (Phi) is 4.97. The van der Waals surface area contributed by atoms with Gasteiger partial charge >= 0.3 is 0 Å². The number of hydrogen-bond donors (Lipinski definition) is 1. The van der Waals surface area contributed by atoms with Crippen LogP contribution >= 0.6 is 22.9 Å². The van der Waals surface area contributed by atoms with Crippen LogP contribution < -0.4 is 14.9 Å². The van der Waals surface area contributed by atoms with Gasteiger partial charge in [-0.2, -0.15) is 5.10 Å². The number of carbonyl (C=O) groups excluding carboxylic acids is 1. The van der Waals surface area contributed by atoms with Gasteiger partial charge in [-0.1, -0.05) is 11.6 Å². The molecule has 1 aromatic carbocycles. The number of nitrogens with one attached hydrogen (secondary N) is 1. The van der Waals surface area contributed by atoms with E-state index in [9.17, 15) is 4.79 Å². The molecule has 124 valence electrons. The number of methoxy groups -OCH3 is 1. The van der Waals surface area contributed by atoms with Crippen molar-refractivity contribution in [2.45, 2.75) is 0 Å². The van der Waals surface area contributed by atoms with Crippen LogP contribution in [0.4, 0.5) is 0 Å². The van der Waals surface area contributed by atoms with Crippen LogP contribution in [0.1, 0.15) is 5.69 Å². The fourth-order valence-corrected chi connectivity index (χ4v) is 2.90. The second-order valence-electron chi connectivity index (χ2n) is 4.60. The Morgan fingerprint density at radius 1 is 1.42 bits per heavy atom. The van der Waals surface area contributed by atoms with E-state index in [2.05, 4.69) is 15.5 Å². The summed E-state index contributed by atoms with van der Waals surface area (Å²) in [6.45, 7) is -0.155. The number of ether oxygens (including phenoxy) is 2. The SMILES string of the molecule is COc1ccc(OCC(=O)NN=Cc2c(Cl)nc3sccn23)cc1. The Hall–Kier alpha value is -2.58. The van der Waals surface area contributed by atoms with E-state index in [4.69, 9.17) is 21.1 Å². The van der Waals surface area contributed by atoms with Gasteiger partial charge in [0.2, 0.25) is 0 Å². The normalized spacial score (nSPS) is 11.1. The highest BCUT2D eigenvalue weighted by molar-refractivity contribution is 7.15. The molecule has 0 atom stereocenters. The molecule has 0 fully saturated rings. The highest BCUT2D eigenvalue weighted by Gasteiger charge is 2.09. The molecule has 2 aromatic heterocycles. The van der Waals surface area contributed by atoms with Crippen molar-refractivity contribution in [3.63, 3.8) is 0 Å². The molecule has 0 aliphatic rings. The van der Waals surface area contributed by atoms with E-state index in [0.717, 1.165) is 4.96 Å². The minimum absolute atomic E-state index is 0.155. The molecule has 3 aromatic rings. The zero-order valence-electron chi connectivity index (χ0n) is 12.6. The van der Waals surface area contributed by atoms with Crippen LogP contribution in [0, 0.1) is 0 Å². The highest BCUT2D eigenvalue weighted by Crippen LogP contribution is 2.19. The van der Waals surface area contributed by atoms with Crippen molar-refractivity contribution >= 4 is 40.0 Å². The van der Waals surface area contributed by atoms with E-state index >= 15 is 0 Å². The van der Waals surface area contributed by atoms with Crippen molar-refractivity contribution in [1.29, 1.82) is 0 Å². The first kappa shape index (κ1) is 16.3. The average Bonchev–Trinajstić information content (AvgIpc) is 3.15. The standard InChI is InChI=1S/C15H13ClN4O3S/c1-22-10-2-4-11(5-3-10)23-9-13(21)19-17-8-12-14(16)18-15-20(12)6-7-24-15/h2-8H,9H2,1H3,(H,19,21). The summed E-state index contributed by atoms with van der Waals surface area (Å²) in [4.78, 5) is 16.7. The molecule has 3 rings (SSSR count). The molecule has 1 amide bonds. The quantitative estimate of drug-likeness (QED) is 0.538. The molecule has 7 nitrogen and oxygen atoms in total. The Bertz CT molecular complexity index is 873. The van der Waals surface area contributed by atoms with Crippen molar-refractivity contribution < 1.29 is 14.3 Å². The first-order chi connectivity index (χ1) is 11.7. The number of thiazole rings is 1. The predicted molar refractivity (Wildman–Crippen MR) is 92.3 cm³/mol. The summed E-state index contributed by atoms with van der Waals surface area (Å²) in [5.74, 6) is 0.895. The van der Waals surface area contributed by atoms with E-state index in [0.29, 0.717) is 22.3 Å². The van der Waals surface area contributed by atoms with Gasteiger partial charge in [0, 0.05) is 11.6 Å². The van der Waals surface area contributed by atoms with E-state index in [-0.39, 0.29) is 12.5 Å². The zero-order valence-corrected chi connectivity index (χ0v) is 14.2. The van der Waals surface area contributed by atoms with Crippen molar-refractivity contribution in [2.75, 3.05) is 13.7 Å². The maximum atomic E-state index is 11.7. The van der Waals surface area contributed by atoms with Crippen LogP contribution in [0.3, 0.4) is 0 Å². The van der Waals surface area contributed by atoms with Crippen LogP contribution in [-0.2, 0) is 4.79 Å². The molecule has 2 heterocycles. The Labute approximate surface area is 146 Å². The number of hydrazone groups is 1. The number of hydrogen-bond acceptors (Lipinski definition) is 6. The van der Waals surface area contributed by atoms with Crippen molar-refractivity contribution in [3.8, 4) is 11.5 Å². The van der Waals surface area contributed by atoms with Gasteiger partial charge in [0.15, 0.2) is 16.7 Å². The molecule has 0 aliphatic carbocycles. The topological polar surface area (TPSA) is 77.2 Å². The van der Waals surface area contributed by atoms with Gasteiger partial charge in [0.25, 0.3) is 5.91 Å². The number of nitrogens with zero attached hydrogens (tertiary/aromatic N) is 3. The maximum Gasteiger partial charge on any atom is 0.277 e. The maximum absolute atomic E-state index is 11.7. The molecule has 0 saturated carbocycles. The summed E-state index contributed by atoms with van der Waals surface area (Å²) in [6, 6.07) is 6.93. The second kappa shape index (κ2) is 7.33. The first-order valence-corrected chi connectivity index (χ1v) is 8.13. The number of halogens is 1. The van der Waals surface area contributed by atoms with Crippen LogP contribution in [0.5, 0.6) is 11.5 Å². The highest BCUT2D eigenvalue weighted by atomic mass is 35.5. The lowest BCUT2D eigenvalue weighted by Crippen LogP contribution is -2.24. The van der Waals surface area contributed by atoms with Crippen LogP contribution in [0.15, 0.2) is 40.9 Å². The first-order valence-electron chi connectivity index (χ1n) is 6.87. The number of benzene rings is 1. The summed E-state index contributed by atoms with van der Waals surface area (Å²) in [7, 11) is 1.58. The van der Waals surface area contributed by atoms with E-state index in [1.54, 1.807) is 35.8 Å². The molecule has 0 unspecified atom stereocenters. The molecular formula is C15H13ClN4O3S. The molecule has 9 heteroatoms. The minimum Gasteiger partial charge on any atom is -0.497 e. The van der Waals surface area contributed by atoms with Crippen LogP contribution in [0.2, 0.25) is 5.15 Å². The zero-order chi connectivity index (χ0) is 16.9. The van der Waals surface area contributed by atoms with E-state index < -0.39 is 0 Å². The summed E-state index contributed by atoms with van der Waals surface area (Å²) in [5, 5.41) is 6.09. The predicted octanol–water partition coefficient (Wildman–Crippen LogP) is 2.59. The Morgan fingerprint density at radius 3 is 2.92 bits per heavy atom. The van der Waals surface area contributed by atoms with E-state index in [1.807, 2.05) is 11.6 Å². The fraction of sp³-hybridized carbons (Fsp3) is 0.133. The Morgan fingerprint density at radius 2 is 2.17 bits per heavy atom. The molecule has 0 aliphatic heterocycles. The van der Waals surface area contributed by atoms with Gasteiger partial charge in [0.1, 0.15) is 17.2 Å². The number of fused-ring (bicyclic) bond motifs is 1. The van der Waals surface area contributed by atoms with Crippen LogP contribution in [-0.4, -0.2) is 35.2 Å². The van der Waals surface area contributed by atoms with Gasteiger partial charge in [-0.3, -0.25) is 9.20 Å². The number of carbonyl (C=O) groups is 1. The fourth-order valence-electron chi connectivity index (χ4n) is 1.91. The largest absolute Gasteiger partial charge is 0.497 e. The van der Waals surface area contributed by atoms with Crippen molar-refractivity contribution in [2.24, 2.45) is 5.10 Å². The van der Waals surface area contributed by atoms with Gasteiger partial charge in [-0.05, 0) is 24.3 Å². The third-order valence-electron chi connectivity index (χ3n) is 3.06. The third-order valence-corrected chi connectivity index (χ3v) is 4.09. The van der Waals surface area contributed by atoms with Crippen molar-refractivity contribution in [3.05, 3.63) is 46.7 Å². The number of amides is 1. The van der Waals surface area contributed by atoms with Gasteiger partial charge in [-0.15, -0.1) is 11.3 Å². The van der Waals surface area contributed by atoms with Crippen LogP contribution in [0.25, 0.3) is 4.96 Å². The Balaban J connectivity index is 1.53. The molecule has 0 radical (unpaired) electrons. The molecule has 24 heavy (non-hydrogen) atoms. The monoisotopic (exact) mass is 364 g/mol. The van der Waals surface area contributed by atoms with Gasteiger partial charge in [0.05, 0.1) is 13.3 Å². The van der Waals surface area contributed by atoms with Gasteiger partial charge < -0.3 is 9.47 Å². The number of aromatic nitrogens is 2. The summed E-state index contributed by atoms with van der Waals surface area (Å²) in [5.41, 5.74) is 2.98. The van der Waals surface area contributed by atoms with E-state index in [1.165, 1.54) is 17.6 Å². The molecule has 0 saturated heterocycles. The molecule has 0 bridgehead atoms. The summed E-state index contributed by atoms with van der Waals surface area (Å²) in [6.07, 6.45) is 3.27. The second-order valence-corrected chi connectivity index (χ2v) is 5.83. The lowest BCUT2D eigenvalue weighted by Gasteiger charge is -2.05. The average molecular weight is 365 g/mol. The summed E-state index contributed by atoms with van der Waals surface area (Å²) >= 11 is 7.49. The molecule has 0 spiro atoms. The van der Waals surface area contributed by atoms with Gasteiger partial charge in [-0.25, -0.2) is 10.4 Å². The lowest BCUT2D eigenvalue weighted by atomic mass is 10.3. The minimum atomic E-state index is -0.385. The smallest absolute Gasteiger partial charge is 0.277 e. The number of imidazole rings is 1.